The van der Waals surface area contributed by atoms with Gasteiger partial charge >= 0.3 is 0 Å². The Kier molecular flexibility index (Phi) is 4.17. The summed E-state index contributed by atoms with van der Waals surface area (Å²) in [4.78, 5) is 21.0. The maximum Gasteiger partial charge on any atom is 0.279 e. The number of carbonyl (C=O) groups excluding carboxylic acids is 1. The standard InChI is InChI=1S/C20H20N4O3S/c1-24-12-6-7-16(24)18-14(9-12)21-20(28-18)22-19(25)15-10-17(27-23-15)11-4-3-5-13(8-11)26-2/h3-5,8,10,12,16H,6-7,9H2,1-2H3,(H,21,22,25)/t12-,16+/m0/s1. The van der Waals surface area contributed by atoms with E-state index in [0.29, 0.717) is 28.7 Å². The number of amides is 1. The van der Waals surface area contributed by atoms with Crippen LogP contribution in [0.3, 0.4) is 0 Å². The van der Waals surface area contributed by atoms with Crippen molar-refractivity contribution in [1.82, 2.24) is 15.0 Å². The van der Waals surface area contributed by atoms with Gasteiger partial charge in [0.1, 0.15) is 5.75 Å². The van der Waals surface area contributed by atoms with E-state index in [0.717, 1.165) is 24.1 Å². The van der Waals surface area contributed by atoms with Crippen molar-refractivity contribution < 1.29 is 14.1 Å². The van der Waals surface area contributed by atoms with Crippen molar-refractivity contribution in [2.24, 2.45) is 0 Å². The molecular weight excluding hydrogens is 376 g/mol. The van der Waals surface area contributed by atoms with Gasteiger partial charge in [-0.05, 0) is 32.0 Å². The summed E-state index contributed by atoms with van der Waals surface area (Å²) < 4.78 is 10.6. The van der Waals surface area contributed by atoms with E-state index in [9.17, 15) is 4.79 Å². The first kappa shape index (κ1) is 17.4. The number of rotatable bonds is 4. The van der Waals surface area contributed by atoms with Crippen LogP contribution in [0.1, 0.15) is 39.9 Å². The molecule has 1 amide bonds. The molecule has 0 aliphatic carbocycles. The zero-order valence-corrected chi connectivity index (χ0v) is 16.5. The number of nitrogens with zero attached hydrogens (tertiary/aromatic N) is 3. The Bertz CT molecular complexity index is 1040. The van der Waals surface area contributed by atoms with E-state index in [1.807, 2.05) is 24.3 Å². The van der Waals surface area contributed by atoms with Gasteiger partial charge in [-0.1, -0.05) is 28.6 Å². The number of methoxy groups -OCH3 is 1. The highest BCUT2D eigenvalue weighted by atomic mass is 32.1. The van der Waals surface area contributed by atoms with Crippen molar-refractivity contribution in [1.29, 1.82) is 0 Å². The number of hydrogen-bond acceptors (Lipinski definition) is 7. The van der Waals surface area contributed by atoms with Gasteiger partial charge in [0.2, 0.25) is 0 Å². The Morgan fingerprint density at radius 2 is 2.25 bits per heavy atom. The Labute approximate surface area is 166 Å². The van der Waals surface area contributed by atoms with Crippen molar-refractivity contribution in [3.05, 3.63) is 46.6 Å². The van der Waals surface area contributed by atoms with Crippen molar-refractivity contribution in [3.8, 4) is 17.1 Å². The Balaban J connectivity index is 1.34. The summed E-state index contributed by atoms with van der Waals surface area (Å²) in [6.07, 6.45) is 3.34. The van der Waals surface area contributed by atoms with E-state index < -0.39 is 0 Å². The van der Waals surface area contributed by atoms with Crippen LogP contribution in [0.15, 0.2) is 34.9 Å². The van der Waals surface area contributed by atoms with Gasteiger partial charge in [-0.3, -0.25) is 15.0 Å². The second-order valence-corrected chi connectivity index (χ2v) is 8.24. The third kappa shape index (κ3) is 2.89. The topological polar surface area (TPSA) is 80.5 Å². The van der Waals surface area contributed by atoms with E-state index >= 15 is 0 Å². The summed E-state index contributed by atoms with van der Waals surface area (Å²) in [6, 6.07) is 10.1. The second-order valence-electron chi connectivity index (χ2n) is 7.21. The first-order valence-electron chi connectivity index (χ1n) is 9.26. The molecule has 5 rings (SSSR count). The van der Waals surface area contributed by atoms with Gasteiger partial charge < -0.3 is 9.26 Å². The molecule has 7 nitrogen and oxygen atoms in total. The zero-order valence-electron chi connectivity index (χ0n) is 15.6. The number of carbonyl (C=O) groups is 1. The predicted octanol–water partition coefficient (Wildman–Crippen LogP) is 3.75. The number of likely N-dealkylation sites (N-methyl/N-ethyl adjacent to an activating group) is 1. The highest BCUT2D eigenvalue weighted by molar-refractivity contribution is 7.16. The van der Waals surface area contributed by atoms with Crippen LogP contribution in [-0.2, 0) is 6.42 Å². The molecule has 0 saturated carbocycles. The van der Waals surface area contributed by atoms with Crippen LogP contribution in [0.2, 0.25) is 0 Å². The first-order valence-corrected chi connectivity index (χ1v) is 10.1. The van der Waals surface area contributed by atoms with Gasteiger partial charge in [0.15, 0.2) is 16.6 Å². The molecule has 2 bridgehead atoms. The van der Waals surface area contributed by atoms with Crippen LogP contribution in [0.5, 0.6) is 5.75 Å². The summed E-state index contributed by atoms with van der Waals surface area (Å²) in [7, 11) is 3.79. The van der Waals surface area contributed by atoms with E-state index in [1.54, 1.807) is 24.5 Å². The van der Waals surface area contributed by atoms with Gasteiger partial charge in [0.05, 0.1) is 12.8 Å². The van der Waals surface area contributed by atoms with Crippen LogP contribution < -0.4 is 10.1 Å². The summed E-state index contributed by atoms with van der Waals surface area (Å²) >= 11 is 1.57. The van der Waals surface area contributed by atoms with Gasteiger partial charge in [-0.15, -0.1) is 0 Å². The number of nitrogens with one attached hydrogen (secondary N) is 1. The Morgan fingerprint density at radius 3 is 3.11 bits per heavy atom. The zero-order chi connectivity index (χ0) is 19.3. The number of aromatic nitrogens is 2. The Morgan fingerprint density at radius 1 is 1.36 bits per heavy atom. The van der Waals surface area contributed by atoms with Crippen LogP contribution in [0, 0.1) is 0 Å². The number of benzene rings is 1. The van der Waals surface area contributed by atoms with Crippen LogP contribution in [0.25, 0.3) is 11.3 Å². The minimum absolute atomic E-state index is 0.227. The minimum Gasteiger partial charge on any atom is -0.497 e. The van der Waals surface area contributed by atoms with Gasteiger partial charge in [-0.25, -0.2) is 4.98 Å². The molecule has 1 fully saturated rings. The molecule has 28 heavy (non-hydrogen) atoms. The lowest BCUT2D eigenvalue weighted by molar-refractivity contribution is 0.101. The molecule has 2 aliphatic rings. The fourth-order valence-corrected chi connectivity index (χ4v) is 5.25. The van der Waals surface area contributed by atoms with Crippen LogP contribution in [0.4, 0.5) is 5.13 Å². The van der Waals surface area contributed by atoms with Crippen molar-refractivity contribution >= 4 is 22.4 Å². The maximum absolute atomic E-state index is 12.6. The normalized spacial score (nSPS) is 20.8. The summed E-state index contributed by atoms with van der Waals surface area (Å²) in [5.74, 6) is 0.913. The second kappa shape index (κ2) is 6.72. The average Bonchev–Trinajstić information content (AvgIpc) is 3.40. The van der Waals surface area contributed by atoms with E-state index in [-0.39, 0.29) is 11.6 Å². The SMILES string of the molecule is COc1cccc(-c2cc(C(=O)Nc3nc4c(s3)[C@H]3CC[C@@H](C4)N3C)no2)c1. The van der Waals surface area contributed by atoms with Crippen molar-refractivity contribution in [3.63, 3.8) is 0 Å². The summed E-state index contributed by atoms with van der Waals surface area (Å²) in [6.45, 7) is 0. The molecule has 1 saturated heterocycles. The summed E-state index contributed by atoms with van der Waals surface area (Å²) in [5.41, 5.74) is 2.16. The number of fused-ring (bicyclic) bond motifs is 4. The van der Waals surface area contributed by atoms with Gasteiger partial charge in [0.25, 0.3) is 5.91 Å². The predicted molar refractivity (Wildman–Crippen MR) is 106 cm³/mol. The lowest BCUT2D eigenvalue weighted by atomic mass is 10.1. The molecule has 2 aromatic heterocycles. The number of ether oxygens (including phenoxy) is 1. The van der Waals surface area contributed by atoms with Crippen LogP contribution in [-0.4, -0.2) is 41.1 Å². The molecule has 2 aliphatic heterocycles. The monoisotopic (exact) mass is 396 g/mol. The third-order valence-corrected chi connectivity index (χ3v) is 6.73. The van der Waals surface area contributed by atoms with Crippen molar-refractivity contribution in [2.75, 3.05) is 19.5 Å². The fourth-order valence-electron chi connectivity index (χ4n) is 4.08. The highest BCUT2D eigenvalue weighted by Gasteiger charge is 2.39. The Hall–Kier alpha value is -2.71. The smallest absolute Gasteiger partial charge is 0.279 e. The molecule has 144 valence electrons. The first-order chi connectivity index (χ1) is 13.6. The molecule has 1 N–H and O–H groups in total. The van der Waals surface area contributed by atoms with E-state index in [4.69, 9.17) is 9.26 Å². The van der Waals surface area contributed by atoms with E-state index in [2.05, 4.69) is 27.4 Å². The minimum atomic E-state index is -0.317. The molecular formula is C20H20N4O3S. The molecule has 3 aromatic rings. The fraction of sp³-hybridized carbons (Fsp3) is 0.350. The molecule has 8 heteroatoms. The molecule has 0 radical (unpaired) electrons. The molecule has 1 aromatic carbocycles. The van der Waals surface area contributed by atoms with Gasteiger partial charge in [-0.2, -0.15) is 0 Å². The molecule has 0 unspecified atom stereocenters. The number of anilines is 1. The molecule has 2 atom stereocenters. The van der Waals surface area contributed by atoms with E-state index in [1.165, 1.54) is 11.3 Å². The maximum atomic E-state index is 12.6. The lowest BCUT2D eigenvalue weighted by Crippen LogP contribution is -2.33. The van der Waals surface area contributed by atoms with Crippen molar-refractivity contribution in [2.45, 2.75) is 31.3 Å². The molecule has 4 heterocycles. The van der Waals surface area contributed by atoms with Gasteiger partial charge in [0, 0.05) is 35.0 Å². The van der Waals surface area contributed by atoms with Crippen LogP contribution >= 0.6 is 11.3 Å². The molecule has 0 spiro atoms. The largest absolute Gasteiger partial charge is 0.497 e. The third-order valence-electron chi connectivity index (χ3n) is 5.62. The lowest BCUT2D eigenvalue weighted by Gasteiger charge is -2.29. The average molecular weight is 396 g/mol. The highest BCUT2D eigenvalue weighted by Crippen LogP contribution is 2.45. The summed E-state index contributed by atoms with van der Waals surface area (Å²) in [5, 5.41) is 7.42. The number of hydrogen-bond donors (Lipinski definition) is 1. The quantitative estimate of drug-likeness (QED) is 0.723. The number of thiazole rings is 1.